The Morgan fingerprint density at radius 3 is 3.00 bits per heavy atom. The SMILES string of the molecule is COc1cccc(CN2CCCCC2C(C)N)c1. The molecule has 0 amide bonds. The maximum atomic E-state index is 6.10. The Kier molecular flexibility index (Phi) is 4.61. The summed E-state index contributed by atoms with van der Waals surface area (Å²) in [5.41, 5.74) is 7.41. The summed E-state index contributed by atoms with van der Waals surface area (Å²) in [6.45, 7) is 4.25. The predicted molar refractivity (Wildman–Crippen MR) is 74.7 cm³/mol. The molecular weight excluding hydrogens is 224 g/mol. The quantitative estimate of drug-likeness (QED) is 0.889. The van der Waals surface area contributed by atoms with E-state index in [-0.39, 0.29) is 6.04 Å². The zero-order valence-corrected chi connectivity index (χ0v) is 11.4. The summed E-state index contributed by atoms with van der Waals surface area (Å²) in [4.78, 5) is 2.52. The van der Waals surface area contributed by atoms with Crippen LogP contribution >= 0.6 is 0 Å². The van der Waals surface area contributed by atoms with E-state index in [1.807, 2.05) is 6.07 Å². The number of nitrogens with zero attached hydrogens (tertiary/aromatic N) is 1. The lowest BCUT2D eigenvalue weighted by Gasteiger charge is -2.38. The third kappa shape index (κ3) is 3.24. The van der Waals surface area contributed by atoms with Gasteiger partial charge in [-0.05, 0) is 44.0 Å². The van der Waals surface area contributed by atoms with Gasteiger partial charge in [0.15, 0.2) is 0 Å². The van der Waals surface area contributed by atoms with Crippen LogP contribution in [0.3, 0.4) is 0 Å². The number of hydrogen-bond acceptors (Lipinski definition) is 3. The van der Waals surface area contributed by atoms with Crippen LogP contribution in [0.1, 0.15) is 31.7 Å². The average Bonchev–Trinajstić information content (AvgIpc) is 2.39. The van der Waals surface area contributed by atoms with E-state index in [2.05, 4.69) is 30.0 Å². The van der Waals surface area contributed by atoms with Crippen molar-refractivity contribution in [2.24, 2.45) is 5.73 Å². The first-order valence-electron chi connectivity index (χ1n) is 6.83. The van der Waals surface area contributed by atoms with Gasteiger partial charge >= 0.3 is 0 Å². The molecule has 1 fully saturated rings. The van der Waals surface area contributed by atoms with Crippen LogP contribution in [0.25, 0.3) is 0 Å². The molecule has 18 heavy (non-hydrogen) atoms. The van der Waals surface area contributed by atoms with E-state index in [1.165, 1.54) is 24.8 Å². The third-order valence-electron chi connectivity index (χ3n) is 3.79. The molecule has 0 saturated carbocycles. The van der Waals surface area contributed by atoms with Crippen molar-refractivity contribution in [1.82, 2.24) is 4.90 Å². The minimum Gasteiger partial charge on any atom is -0.497 e. The number of piperidine rings is 1. The molecule has 1 aliphatic rings. The fourth-order valence-corrected chi connectivity index (χ4v) is 2.81. The van der Waals surface area contributed by atoms with Crippen LogP contribution in [-0.4, -0.2) is 30.6 Å². The molecule has 1 aromatic rings. The van der Waals surface area contributed by atoms with E-state index in [0.29, 0.717) is 6.04 Å². The number of ether oxygens (including phenoxy) is 1. The molecule has 0 bridgehead atoms. The number of likely N-dealkylation sites (tertiary alicyclic amines) is 1. The maximum Gasteiger partial charge on any atom is 0.119 e. The zero-order valence-electron chi connectivity index (χ0n) is 11.4. The lowest BCUT2D eigenvalue weighted by molar-refractivity contribution is 0.123. The Balaban J connectivity index is 2.05. The largest absolute Gasteiger partial charge is 0.497 e. The van der Waals surface area contributed by atoms with Gasteiger partial charge in [-0.1, -0.05) is 18.6 Å². The normalized spacial score (nSPS) is 22.7. The molecule has 3 heteroatoms. The second kappa shape index (κ2) is 6.21. The minimum absolute atomic E-state index is 0.246. The minimum atomic E-state index is 0.246. The van der Waals surface area contributed by atoms with E-state index < -0.39 is 0 Å². The fraction of sp³-hybridized carbons (Fsp3) is 0.600. The molecule has 2 N–H and O–H groups in total. The Morgan fingerprint density at radius 1 is 1.44 bits per heavy atom. The molecule has 0 aromatic heterocycles. The molecule has 0 aliphatic carbocycles. The molecule has 1 aromatic carbocycles. The Morgan fingerprint density at radius 2 is 2.28 bits per heavy atom. The first-order valence-corrected chi connectivity index (χ1v) is 6.83. The van der Waals surface area contributed by atoms with Gasteiger partial charge in [-0.25, -0.2) is 0 Å². The summed E-state index contributed by atoms with van der Waals surface area (Å²) in [5, 5.41) is 0. The van der Waals surface area contributed by atoms with Crippen LogP contribution in [0.5, 0.6) is 5.75 Å². The van der Waals surface area contributed by atoms with Crippen molar-refractivity contribution < 1.29 is 4.74 Å². The summed E-state index contributed by atoms with van der Waals surface area (Å²) in [7, 11) is 1.71. The molecule has 1 aliphatic heterocycles. The molecule has 2 atom stereocenters. The number of benzene rings is 1. The summed E-state index contributed by atoms with van der Waals surface area (Å²) >= 11 is 0. The monoisotopic (exact) mass is 248 g/mol. The lowest BCUT2D eigenvalue weighted by atomic mass is 9.96. The van der Waals surface area contributed by atoms with Gasteiger partial charge < -0.3 is 10.5 Å². The van der Waals surface area contributed by atoms with Crippen LogP contribution in [0.2, 0.25) is 0 Å². The summed E-state index contributed by atoms with van der Waals surface area (Å²) in [6, 6.07) is 9.09. The van der Waals surface area contributed by atoms with Gasteiger partial charge in [0.25, 0.3) is 0 Å². The van der Waals surface area contributed by atoms with Crippen molar-refractivity contribution in [2.75, 3.05) is 13.7 Å². The summed E-state index contributed by atoms with van der Waals surface area (Å²) < 4.78 is 5.28. The van der Waals surface area contributed by atoms with Crippen LogP contribution in [0, 0.1) is 0 Å². The van der Waals surface area contributed by atoms with E-state index in [4.69, 9.17) is 10.5 Å². The standard InChI is InChI=1S/C15H24N2O/c1-12(16)15-8-3-4-9-17(15)11-13-6-5-7-14(10-13)18-2/h5-7,10,12,15H,3-4,8-9,11,16H2,1-2H3. The first-order chi connectivity index (χ1) is 8.70. The van der Waals surface area contributed by atoms with Crippen LogP contribution < -0.4 is 10.5 Å². The summed E-state index contributed by atoms with van der Waals surface area (Å²) in [5.74, 6) is 0.932. The van der Waals surface area contributed by atoms with Crippen molar-refractivity contribution in [2.45, 2.75) is 44.8 Å². The smallest absolute Gasteiger partial charge is 0.119 e. The van der Waals surface area contributed by atoms with Gasteiger partial charge in [0.05, 0.1) is 7.11 Å². The topological polar surface area (TPSA) is 38.5 Å². The highest BCUT2D eigenvalue weighted by Gasteiger charge is 2.25. The highest BCUT2D eigenvalue weighted by atomic mass is 16.5. The summed E-state index contributed by atoms with van der Waals surface area (Å²) in [6.07, 6.45) is 3.82. The van der Waals surface area contributed by atoms with E-state index in [9.17, 15) is 0 Å². The molecular formula is C15H24N2O. The van der Waals surface area contributed by atoms with Gasteiger partial charge in [0.1, 0.15) is 5.75 Å². The van der Waals surface area contributed by atoms with Gasteiger partial charge in [0.2, 0.25) is 0 Å². The maximum absolute atomic E-state index is 6.10. The van der Waals surface area contributed by atoms with Crippen LogP contribution in [0.15, 0.2) is 24.3 Å². The molecule has 1 saturated heterocycles. The van der Waals surface area contributed by atoms with E-state index in [0.717, 1.165) is 18.8 Å². The van der Waals surface area contributed by atoms with E-state index >= 15 is 0 Å². The second-order valence-corrected chi connectivity index (χ2v) is 5.24. The Bertz CT molecular complexity index is 379. The van der Waals surface area contributed by atoms with Gasteiger partial charge in [-0.2, -0.15) is 0 Å². The number of hydrogen-bond donors (Lipinski definition) is 1. The first kappa shape index (κ1) is 13.4. The molecule has 0 spiro atoms. The Hall–Kier alpha value is -1.06. The van der Waals surface area contributed by atoms with Crippen molar-refractivity contribution in [3.8, 4) is 5.75 Å². The number of rotatable bonds is 4. The molecule has 0 radical (unpaired) electrons. The highest BCUT2D eigenvalue weighted by Crippen LogP contribution is 2.22. The Labute approximate surface area is 110 Å². The molecule has 3 nitrogen and oxygen atoms in total. The van der Waals surface area contributed by atoms with Gasteiger partial charge in [0, 0.05) is 18.6 Å². The lowest BCUT2D eigenvalue weighted by Crippen LogP contribution is -2.48. The van der Waals surface area contributed by atoms with Crippen molar-refractivity contribution in [1.29, 1.82) is 0 Å². The third-order valence-corrected chi connectivity index (χ3v) is 3.79. The molecule has 2 unspecified atom stereocenters. The van der Waals surface area contributed by atoms with Gasteiger partial charge in [-0.15, -0.1) is 0 Å². The van der Waals surface area contributed by atoms with Crippen molar-refractivity contribution in [3.05, 3.63) is 29.8 Å². The predicted octanol–water partition coefficient (Wildman–Crippen LogP) is 2.40. The molecule has 1 heterocycles. The fourth-order valence-electron chi connectivity index (χ4n) is 2.81. The highest BCUT2D eigenvalue weighted by molar-refractivity contribution is 5.28. The average molecular weight is 248 g/mol. The van der Waals surface area contributed by atoms with Crippen LogP contribution in [-0.2, 0) is 6.54 Å². The molecule has 100 valence electrons. The van der Waals surface area contributed by atoms with Crippen molar-refractivity contribution >= 4 is 0 Å². The van der Waals surface area contributed by atoms with Crippen LogP contribution in [0.4, 0.5) is 0 Å². The second-order valence-electron chi connectivity index (χ2n) is 5.24. The van der Waals surface area contributed by atoms with Crippen molar-refractivity contribution in [3.63, 3.8) is 0 Å². The number of nitrogens with two attached hydrogens (primary N) is 1. The van der Waals surface area contributed by atoms with E-state index in [1.54, 1.807) is 7.11 Å². The zero-order chi connectivity index (χ0) is 13.0. The molecule has 2 rings (SSSR count). The number of methoxy groups -OCH3 is 1. The van der Waals surface area contributed by atoms with Gasteiger partial charge in [-0.3, -0.25) is 4.90 Å².